The third-order valence-electron chi connectivity index (χ3n) is 4.70. The second-order valence-electron chi connectivity index (χ2n) is 7.76. The Kier molecular flexibility index (Phi) is 11.4. The standard InChI is InChI=1S/2C12H12ClF3/c2*1-7(2)10(11(14)12(15)16)8-3-5-9(13)6-4-8/h2*3-7,10H,1-2H3. The van der Waals surface area contributed by atoms with Crippen LogP contribution in [0, 0.1) is 11.8 Å². The van der Waals surface area contributed by atoms with Crippen molar-refractivity contribution in [3.05, 3.63) is 93.5 Å². The maximum absolute atomic E-state index is 13.3. The van der Waals surface area contributed by atoms with E-state index in [9.17, 15) is 26.3 Å². The molecule has 0 saturated carbocycles. The highest BCUT2D eigenvalue weighted by Gasteiger charge is 2.25. The second kappa shape index (κ2) is 12.9. The van der Waals surface area contributed by atoms with Crippen LogP contribution in [0.15, 0.2) is 72.3 Å². The zero-order valence-corrected chi connectivity index (χ0v) is 19.5. The Morgan fingerprint density at radius 1 is 0.531 bits per heavy atom. The van der Waals surface area contributed by atoms with Crippen molar-refractivity contribution in [2.45, 2.75) is 39.5 Å². The topological polar surface area (TPSA) is 0 Å². The van der Waals surface area contributed by atoms with Gasteiger partial charge in [0.1, 0.15) is 0 Å². The molecule has 32 heavy (non-hydrogen) atoms. The molecule has 2 atom stereocenters. The molecule has 0 bridgehead atoms. The van der Waals surface area contributed by atoms with Crippen LogP contribution in [0.2, 0.25) is 10.0 Å². The minimum atomic E-state index is -2.26. The van der Waals surface area contributed by atoms with Crippen LogP contribution in [0.5, 0.6) is 0 Å². The molecule has 8 heteroatoms. The van der Waals surface area contributed by atoms with Crippen LogP contribution in [0.1, 0.15) is 50.7 Å². The summed E-state index contributed by atoms with van der Waals surface area (Å²) in [6, 6.07) is 12.5. The van der Waals surface area contributed by atoms with Crippen LogP contribution in [0.3, 0.4) is 0 Å². The summed E-state index contributed by atoms with van der Waals surface area (Å²) in [4.78, 5) is 0. The Morgan fingerprint density at radius 2 is 0.781 bits per heavy atom. The molecule has 0 aromatic heterocycles. The Hall–Kier alpha value is -1.92. The first-order valence-electron chi connectivity index (χ1n) is 9.79. The van der Waals surface area contributed by atoms with E-state index in [2.05, 4.69) is 0 Å². The van der Waals surface area contributed by atoms with E-state index in [1.807, 2.05) is 0 Å². The molecular weight excluding hydrogens is 473 g/mol. The van der Waals surface area contributed by atoms with Gasteiger partial charge < -0.3 is 0 Å². The SMILES string of the molecule is CC(C)C(C(F)=C(F)F)c1ccc(Cl)cc1.CC(C)C(C(F)=C(F)F)c1ccc(Cl)cc1. The lowest BCUT2D eigenvalue weighted by molar-refractivity contribution is 0.341. The van der Waals surface area contributed by atoms with Crippen molar-refractivity contribution in [2.75, 3.05) is 0 Å². The summed E-state index contributed by atoms with van der Waals surface area (Å²) in [5.74, 6) is -5.05. The lowest BCUT2D eigenvalue weighted by Gasteiger charge is -2.19. The third-order valence-corrected chi connectivity index (χ3v) is 5.20. The molecular formula is C24H24Cl2F6. The van der Waals surface area contributed by atoms with Gasteiger partial charge in [-0.3, -0.25) is 0 Å². The Bertz CT molecular complexity index is 833. The minimum absolute atomic E-state index is 0.248. The van der Waals surface area contributed by atoms with Crippen molar-refractivity contribution in [3.63, 3.8) is 0 Å². The van der Waals surface area contributed by atoms with Crippen LogP contribution in [0.4, 0.5) is 26.3 Å². The summed E-state index contributed by atoms with van der Waals surface area (Å²) in [6.07, 6.45) is -4.51. The zero-order chi connectivity index (χ0) is 24.6. The van der Waals surface area contributed by atoms with Crippen molar-refractivity contribution in [1.29, 1.82) is 0 Å². The maximum Gasteiger partial charge on any atom is 0.302 e. The molecule has 0 N–H and O–H groups in total. The van der Waals surface area contributed by atoms with Gasteiger partial charge in [0.2, 0.25) is 0 Å². The molecule has 2 aromatic rings. The fourth-order valence-electron chi connectivity index (χ4n) is 3.22. The van der Waals surface area contributed by atoms with E-state index in [1.54, 1.807) is 76.2 Å². The molecule has 2 aromatic carbocycles. The monoisotopic (exact) mass is 496 g/mol. The van der Waals surface area contributed by atoms with E-state index in [-0.39, 0.29) is 11.8 Å². The Balaban J connectivity index is 0.000000320. The fourth-order valence-corrected chi connectivity index (χ4v) is 3.48. The van der Waals surface area contributed by atoms with Gasteiger partial charge in [0.15, 0.2) is 11.7 Å². The highest BCUT2D eigenvalue weighted by atomic mass is 35.5. The molecule has 0 fully saturated rings. The van der Waals surface area contributed by atoms with Gasteiger partial charge in [0.05, 0.1) is 0 Å². The van der Waals surface area contributed by atoms with Gasteiger partial charge in [-0.05, 0) is 47.2 Å². The van der Waals surface area contributed by atoms with Gasteiger partial charge in [-0.2, -0.15) is 17.6 Å². The van der Waals surface area contributed by atoms with E-state index in [0.717, 1.165) is 0 Å². The molecule has 2 rings (SSSR count). The molecule has 0 spiro atoms. The van der Waals surface area contributed by atoms with Gasteiger partial charge in [-0.25, -0.2) is 8.78 Å². The highest BCUT2D eigenvalue weighted by molar-refractivity contribution is 6.30. The van der Waals surface area contributed by atoms with Crippen molar-refractivity contribution in [1.82, 2.24) is 0 Å². The predicted octanol–water partition coefficient (Wildman–Crippen LogP) is 10.3. The third kappa shape index (κ3) is 8.21. The normalized spacial score (nSPS) is 12.7. The van der Waals surface area contributed by atoms with E-state index in [4.69, 9.17) is 23.2 Å². The average molecular weight is 497 g/mol. The smallest absolute Gasteiger partial charge is 0.205 e. The number of hydrogen-bond acceptors (Lipinski definition) is 0. The lowest BCUT2D eigenvalue weighted by atomic mass is 9.87. The summed E-state index contributed by atoms with van der Waals surface area (Å²) in [7, 11) is 0. The van der Waals surface area contributed by atoms with Crippen molar-refractivity contribution in [2.24, 2.45) is 11.8 Å². The first-order valence-corrected chi connectivity index (χ1v) is 10.5. The van der Waals surface area contributed by atoms with Crippen LogP contribution in [-0.4, -0.2) is 0 Å². The minimum Gasteiger partial charge on any atom is -0.205 e. The Morgan fingerprint density at radius 3 is 0.969 bits per heavy atom. The van der Waals surface area contributed by atoms with Crippen LogP contribution in [-0.2, 0) is 0 Å². The quantitative estimate of drug-likeness (QED) is 0.348. The van der Waals surface area contributed by atoms with Crippen LogP contribution in [0.25, 0.3) is 0 Å². The number of halogens is 8. The van der Waals surface area contributed by atoms with E-state index < -0.39 is 35.7 Å². The maximum atomic E-state index is 13.3. The van der Waals surface area contributed by atoms with E-state index >= 15 is 0 Å². The van der Waals surface area contributed by atoms with Gasteiger partial charge >= 0.3 is 12.2 Å². The molecule has 0 heterocycles. The zero-order valence-electron chi connectivity index (χ0n) is 18.0. The van der Waals surface area contributed by atoms with Crippen LogP contribution >= 0.6 is 23.2 Å². The fraction of sp³-hybridized carbons (Fsp3) is 0.333. The molecule has 0 aliphatic heterocycles. The predicted molar refractivity (Wildman–Crippen MR) is 119 cm³/mol. The molecule has 0 nitrogen and oxygen atoms in total. The summed E-state index contributed by atoms with van der Waals surface area (Å²) >= 11 is 11.4. The number of allylic oxidation sites excluding steroid dienone is 2. The summed E-state index contributed by atoms with van der Waals surface area (Å²) in [5, 5.41) is 0.993. The number of benzene rings is 2. The van der Waals surface area contributed by atoms with Crippen LogP contribution < -0.4 is 0 Å². The first kappa shape index (κ1) is 28.1. The second-order valence-corrected chi connectivity index (χ2v) is 8.64. The lowest BCUT2D eigenvalue weighted by Crippen LogP contribution is -2.08. The summed E-state index contributed by atoms with van der Waals surface area (Å²) in [6.45, 7) is 6.78. The molecule has 0 saturated heterocycles. The van der Waals surface area contributed by atoms with Crippen molar-refractivity contribution < 1.29 is 26.3 Å². The van der Waals surface area contributed by atoms with Gasteiger partial charge in [-0.15, -0.1) is 0 Å². The van der Waals surface area contributed by atoms with E-state index in [1.165, 1.54) is 0 Å². The molecule has 0 aliphatic rings. The molecule has 0 aliphatic carbocycles. The van der Waals surface area contributed by atoms with E-state index in [0.29, 0.717) is 21.2 Å². The van der Waals surface area contributed by atoms with Gasteiger partial charge in [-0.1, -0.05) is 75.2 Å². The highest BCUT2D eigenvalue weighted by Crippen LogP contribution is 2.36. The summed E-state index contributed by atoms with van der Waals surface area (Å²) < 4.78 is 75.8. The number of rotatable bonds is 6. The number of hydrogen-bond donors (Lipinski definition) is 0. The van der Waals surface area contributed by atoms with Crippen molar-refractivity contribution >= 4 is 23.2 Å². The van der Waals surface area contributed by atoms with Crippen molar-refractivity contribution in [3.8, 4) is 0 Å². The van der Waals surface area contributed by atoms with Gasteiger partial charge in [0, 0.05) is 21.9 Å². The van der Waals surface area contributed by atoms with Gasteiger partial charge in [0.25, 0.3) is 0 Å². The summed E-state index contributed by atoms with van der Waals surface area (Å²) in [5.41, 5.74) is 1.01. The largest absolute Gasteiger partial charge is 0.302 e. The molecule has 0 radical (unpaired) electrons. The average Bonchev–Trinajstić information content (AvgIpc) is 2.71. The first-order chi connectivity index (χ1) is 14.9. The molecule has 0 amide bonds. The Labute approximate surface area is 194 Å². The molecule has 2 unspecified atom stereocenters. The molecule has 176 valence electrons.